The molecule has 0 radical (unpaired) electrons. The van der Waals surface area contributed by atoms with Crippen LogP contribution < -0.4 is 5.32 Å². The first-order valence-electron chi connectivity index (χ1n) is 3.99. The molecule has 64 valence electrons. The lowest BCUT2D eigenvalue weighted by atomic mass is 10.1. The smallest absolute Gasteiger partial charge is 0.0453 e. The van der Waals surface area contributed by atoms with E-state index in [1.165, 1.54) is 5.57 Å². The molecule has 0 spiro atoms. The van der Waals surface area contributed by atoms with Crippen LogP contribution in [0.4, 0.5) is 0 Å². The van der Waals surface area contributed by atoms with Gasteiger partial charge >= 0.3 is 0 Å². The highest BCUT2D eigenvalue weighted by Crippen LogP contribution is 2.14. The van der Waals surface area contributed by atoms with Gasteiger partial charge in [-0.1, -0.05) is 30.4 Å². The fourth-order valence-electron chi connectivity index (χ4n) is 1.13. The quantitative estimate of drug-likeness (QED) is 0.548. The molecule has 0 atom stereocenters. The van der Waals surface area contributed by atoms with Gasteiger partial charge in [0, 0.05) is 11.9 Å². The Balaban J connectivity index is 0.000000396. The van der Waals surface area contributed by atoms with Crippen molar-refractivity contribution in [3.05, 3.63) is 60.0 Å². The first-order chi connectivity index (χ1) is 6.47. The summed E-state index contributed by atoms with van der Waals surface area (Å²) in [6.07, 6.45) is 24.3. The standard InChI is InChI=1S/C10H9N.C2H2/c1-2-5-9-6-4-8-11-10(9)7-3-1;1-2/h1-8,11H;1-2H. The Kier molecular flexibility index (Phi) is 3.41. The van der Waals surface area contributed by atoms with Crippen molar-refractivity contribution in [2.75, 3.05) is 0 Å². The van der Waals surface area contributed by atoms with Gasteiger partial charge in [0.25, 0.3) is 0 Å². The molecule has 0 fully saturated rings. The SMILES string of the molecule is C#C.C1=CC=C2NC=CC=C2C=C1. The minimum atomic E-state index is 1.16. The van der Waals surface area contributed by atoms with Crippen molar-refractivity contribution < 1.29 is 0 Å². The average Bonchev–Trinajstić information content (AvgIpc) is 2.45. The van der Waals surface area contributed by atoms with Crippen LogP contribution in [-0.2, 0) is 0 Å². The zero-order valence-corrected chi connectivity index (χ0v) is 7.27. The van der Waals surface area contributed by atoms with E-state index in [-0.39, 0.29) is 0 Å². The lowest BCUT2D eigenvalue weighted by Gasteiger charge is -2.09. The maximum absolute atomic E-state index is 4.00. The second kappa shape index (κ2) is 4.84. The molecule has 1 heterocycles. The van der Waals surface area contributed by atoms with Crippen molar-refractivity contribution in [2.45, 2.75) is 0 Å². The van der Waals surface area contributed by atoms with Crippen LogP contribution in [0.3, 0.4) is 0 Å². The van der Waals surface area contributed by atoms with Crippen LogP contribution in [-0.4, -0.2) is 0 Å². The van der Waals surface area contributed by atoms with E-state index in [2.05, 4.69) is 36.4 Å². The van der Waals surface area contributed by atoms with E-state index >= 15 is 0 Å². The number of fused-ring (bicyclic) bond motifs is 1. The van der Waals surface area contributed by atoms with Gasteiger partial charge in [-0.05, 0) is 17.7 Å². The molecule has 2 rings (SSSR count). The predicted octanol–water partition coefficient (Wildman–Crippen LogP) is 2.29. The molecular weight excluding hydrogens is 158 g/mol. The Labute approximate surface area is 78.8 Å². The molecule has 0 saturated heterocycles. The minimum Gasteiger partial charge on any atom is -0.361 e. The molecule has 0 aromatic carbocycles. The molecule has 1 nitrogen and oxygen atoms in total. The third-order valence-electron chi connectivity index (χ3n) is 1.68. The molecule has 13 heavy (non-hydrogen) atoms. The van der Waals surface area contributed by atoms with E-state index in [0.717, 1.165) is 5.70 Å². The average molecular weight is 169 g/mol. The van der Waals surface area contributed by atoms with Gasteiger partial charge in [0.2, 0.25) is 0 Å². The zero-order valence-electron chi connectivity index (χ0n) is 7.27. The number of allylic oxidation sites excluding steroid dienone is 7. The summed E-state index contributed by atoms with van der Waals surface area (Å²) < 4.78 is 0. The van der Waals surface area contributed by atoms with Crippen molar-refractivity contribution in [2.24, 2.45) is 0 Å². The summed E-state index contributed by atoms with van der Waals surface area (Å²) in [4.78, 5) is 0. The maximum atomic E-state index is 4.00. The zero-order chi connectivity index (χ0) is 9.52. The summed E-state index contributed by atoms with van der Waals surface area (Å²) in [5.41, 5.74) is 2.40. The van der Waals surface area contributed by atoms with Gasteiger partial charge in [-0.15, -0.1) is 12.8 Å². The van der Waals surface area contributed by atoms with Gasteiger partial charge < -0.3 is 5.32 Å². The van der Waals surface area contributed by atoms with Gasteiger partial charge in [0.15, 0.2) is 0 Å². The van der Waals surface area contributed by atoms with Crippen molar-refractivity contribution in [3.8, 4) is 12.8 Å². The number of rotatable bonds is 0. The molecule has 1 heteroatoms. The second-order valence-corrected chi connectivity index (χ2v) is 2.45. The van der Waals surface area contributed by atoms with Crippen LogP contribution in [0, 0.1) is 12.8 Å². The number of nitrogens with one attached hydrogen (secondary N) is 1. The number of hydrogen-bond donors (Lipinski definition) is 1. The normalized spacial score (nSPS) is 16.8. The maximum Gasteiger partial charge on any atom is 0.0453 e. The van der Waals surface area contributed by atoms with Crippen LogP contribution in [0.25, 0.3) is 0 Å². The van der Waals surface area contributed by atoms with Crippen molar-refractivity contribution >= 4 is 0 Å². The summed E-state index contributed by atoms with van der Waals surface area (Å²) in [6.45, 7) is 0. The number of hydrogen-bond acceptors (Lipinski definition) is 1. The molecule has 2 aliphatic rings. The Morgan fingerprint density at radius 3 is 2.62 bits per heavy atom. The summed E-state index contributed by atoms with van der Waals surface area (Å²) in [7, 11) is 0. The highest BCUT2D eigenvalue weighted by molar-refractivity contribution is 5.48. The van der Waals surface area contributed by atoms with Crippen molar-refractivity contribution in [1.82, 2.24) is 5.32 Å². The fourth-order valence-corrected chi connectivity index (χ4v) is 1.13. The molecular formula is C12H11N. The van der Waals surface area contributed by atoms with E-state index in [9.17, 15) is 0 Å². The lowest BCUT2D eigenvalue weighted by Crippen LogP contribution is -2.08. The highest BCUT2D eigenvalue weighted by atomic mass is 14.9. The Hall–Kier alpha value is -1.94. The van der Waals surface area contributed by atoms with Gasteiger partial charge in [-0.2, -0.15) is 0 Å². The molecule has 0 bridgehead atoms. The number of dihydropyridines is 1. The molecule has 0 aromatic heterocycles. The topological polar surface area (TPSA) is 12.0 Å². The first-order valence-corrected chi connectivity index (χ1v) is 3.99. The van der Waals surface area contributed by atoms with Gasteiger partial charge in [-0.3, -0.25) is 0 Å². The van der Waals surface area contributed by atoms with Crippen molar-refractivity contribution in [1.29, 1.82) is 0 Å². The predicted molar refractivity (Wildman–Crippen MR) is 56.6 cm³/mol. The van der Waals surface area contributed by atoms with Crippen LogP contribution in [0.2, 0.25) is 0 Å². The van der Waals surface area contributed by atoms with Gasteiger partial charge in [-0.25, -0.2) is 0 Å². The fraction of sp³-hybridized carbons (Fsp3) is 0. The molecule has 0 unspecified atom stereocenters. The van der Waals surface area contributed by atoms with Crippen LogP contribution in [0.15, 0.2) is 60.0 Å². The highest BCUT2D eigenvalue weighted by Gasteiger charge is 2.01. The lowest BCUT2D eigenvalue weighted by molar-refractivity contribution is 1.07. The van der Waals surface area contributed by atoms with E-state index in [0.29, 0.717) is 0 Å². The molecule has 0 aromatic rings. The van der Waals surface area contributed by atoms with E-state index in [1.54, 1.807) is 0 Å². The van der Waals surface area contributed by atoms with Crippen LogP contribution in [0.1, 0.15) is 0 Å². The first kappa shape index (κ1) is 9.15. The minimum absolute atomic E-state index is 1.16. The number of terminal acetylenes is 1. The van der Waals surface area contributed by atoms with Gasteiger partial charge in [0.05, 0.1) is 0 Å². The molecule has 0 amide bonds. The summed E-state index contributed by atoms with van der Waals surface area (Å²) >= 11 is 0. The summed E-state index contributed by atoms with van der Waals surface area (Å²) in [5.74, 6) is 0. The Morgan fingerprint density at radius 1 is 0.923 bits per heavy atom. The Morgan fingerprint density at radius 2 is 1.77 bits per heavy atom. The third kappa shape index (κ3) is 2.25. The monoisotopic (exact) mass is 169 g/mol. The van der Waals surface area contributed by atoms with E-state index < -0.39 is 0 Å². The van der Waals surface area contributed by atoms with E-state index in [4.69, 9.17) is 0 Å². The Bertz CT molecular complexity index is 335. The van der Waals surface area contributed by atoms with Crippen LogP contribution in [0.5, 0.6) is 0 Å². The third-order valence-corrected chi connectivity index (χ3v) is 1.68. The van der Waals surface area contributed by atoms with Crippen LogP contribution >= 0.6 is 0 Å². The molecule has 1 N–H and O–H groups in total. The summed E-state index contributed by atoms with van der Waals surface area (Å²) in [5, 5.41) is 3.17. The molecule has 1 aliphatic heterocycles. The molecule has 0 saturated carbocycles. The van der Waals surface area contributed by atoms with E-state index in [1.807, 2.05) is 30.5 Å². The summed E-state index contributed by atoms with van der Waals surface area (Å²) in [6, 6.07) is 0. The second-order valence-electron chi connectivity index (χ2n) is 2.45. The molecule has 1 aliphatic carbocycles. The van der Waals surface area contributed by atoms with Gasteiger partial charge in [0.1, 0.15) is 0 Å². The largest absolute Gasteiger partial charge is 0.361 e. The van der Waals surface area contributed by atoms with Crippen molar-refractivity contribution in [3.63, 3.8) is 0 Å².